The zero-order valence-electron chi connectivity index (χ0n) is 24.9. The van der Waals surface area contributed by atoms with Crippen molar-refractivity contribution in [3.05, 3.63) is 0 Å². The molecule has 0 rings (SSSR count). The zero-order chi connectivity index (χ0) is 29.7. The molecular weight excluding hydrogens is 544 g/mol. The van der Waals surface area contributed by atoms with Gasteiger partial charge in [-0.1, -0.05) is 5.92 Å². The van der Waals surface area contributed by atoms with Crippen LogP contribution < -0.4 is 0 Å². The van der Waals surface area contributed by atoms with Gasteiger partial charge in [0.25, 0.3) is 0 Å². The summed E-state index contributed by atoms with van der Waals surface area (Å²) in [7, 11) is 0. The Labute approximate surface area is 245 Å². The van der Waals surface area contributed by atoms with Crippen LogP contribution in [0.15, 0.2) is 0 Å². The fraction of sp³-hybridized carbons (Fsp3) is 0.893. The summed E-state index contributed by atoms with van der Waals surface area (Å²) in [5, 5.41) is 0. The van der Waals surface area contributed by atoms with E-state index >= 15 is 0 Å². The molecule has 0 aromatic carbocycles. The van der Waals surface area contributed by atoms with Gasteiger partial charge < -0.3 is 56.8 Å². The molecule has 0 amide bonds. The van der Waals surface area contributed by atoms with E-state index in [1.807, 2.05) is 0 Å². The summed E-state index contributed by atoms with van der Waals surface area (Å²) in [6.45, 7) is 12.6. The maximum atomic E-state index is 11.1. The Morgan fingerprint density at radius 1 is 0.439 bits per heavy atom. The fourth-order valence-electron chi connectivity index (χ4n) is 2.72. The highest BCUT2D eigenvalue weighted by atomic mass is 16.6. The van der Waals surface area contributed by atoms with Crippen molar-refractivity contribution >= 4 is 5.97 Å². The second-order valence-electron chi connectivity index (χ2n) is 7.94. The van der Waals surface area contributed by atoms with Gasteiger partial charge in [-0.15, -0.1) is 6.42 Å². The maximum Gasteiger partial charge on any atom is 0.308 e. The topological polar surface area (TPSA) is 128 Å². The SMILES string of the molecule is C#CCOCCOCCOCCOCCOCCOCCOCCOCCOCCOCCOCCC(=O)OCC. The van der Waals surface area contributed by atoms with Crippen LogP contribution in [-0.2, 0) is 61.6 Å². The average molecular weight is 597 g/mol. The minimum atomic E-state index is -0.252. The largest absolute Gasteiger partial charge is 0.466 e. The van der Waals surface area contributed by atoms with E-state index < -0.39 is 0 Å². The monoisotopic (exact) mass is 596 g/mol. The third kappa shape index (κ3) is 36.6. The van der Waals surface area contributed by atoms with Crippen LogP contribution in [0.3, 0.4) is 0 Å². The quantitative estimate of drug-likeness (QED) is 0.0581. The van der Waals surface area contributed by atoms with Gasteiger partial charge in [-0.2, -0.15) is 0 Å². The number of esters is 1. The molecule has 0 unspecified atom stereocenters. The van der Waals surface area contributed by atoms with Crippen molar-refractivity contribution < 1.29 is 61.6 Å². The number of rotatable bonds is 35. The predicted molar refractivity (Wildman–Crippen MR) is 149 cm³/mol. The van der Waals surface area contributed by atoms with Crippen LogP contribution in [0.25, 0.3) is 0 Å². The van der Waals surface area contributed by atoms with Gasteiger partial charge in [0.1, 0.15) is 6.61 Å². The van der Waals surface area contributed by atoms with E-state index in [0.29, 0.717) is 152 Å². The molecular formula is C28H52O13. The van der Waals surface area contributed by atoms with E-state index in [9.17, 15) is 4.79 Å². The summed E-state index contributed by atoms with van der Waals surface area (Å²) in [6.07, 6.45) is 5.33. The van der Waals surface area contributed by atoms with Crippen molar-refractivity contribution in [1.82, 2.24) is 0 Å². The number of carbonyl (C=O) groups is 1. The summed E-state index contributed by atoms with van der Waals surface area (Å²) in [5.41, 5.74) is 0. The average Bonchev–Trinajstić information content (AvgIpc) is 2.97. The van der Waals surface area contributed by atoms with Crippen molar-refractivity contribution in [2.75, 3.05) is 152 Å². The summed E-state index contributed by atoms with van der Waals surface area (Å²) in [5.74, 6) is 2.14. The van der Waals surface area contributed by atoms with E-state index in [4.69, 9.17) is 63.3 Å². The standard InChI is InChI=1S/C28H52O13/c1-3-6-30-8-10-32-12-14-34-16-18-36-20-22-38-24-26-40-27-25-39-23-21-37-19-17-35-15-13-33-11-9-31-7-5-28(29)41-4-2/h1H,4-27H2,2H3. The van der Waals surface area contributed by atoms with Crippen LogP contribution in [0, 0.1) is 12.3 Å². The molecule has 41 heavy (non-hydrogen) atoms. The number of hydrogen-bond acceptors (Lipinski definition) is 13. The summed E-state index contributed by atoms with van der Waals surface area (Å²) >= 11 is 0. The first-order valence-corrected chi connectivity index (χ1v) is 14.3. The summed E-state index contributed by atoms with van der Waals surface area (Å²) in [6, 6.07) is 0. The van der Waals surface area contributed by atoms with Crippen molar-refractivity contribution in [1.29, 1.82) is 0 Å². The van der Waals surface area contributed by atoms with Crippen molar-refractivity contribution in [2.24, 2.45) is 0 Å². The first-order chi connectivity index (χ1) is 20.3. The van der Waals surface area contributed by atoms with Crippen LogP contribution >= 0.6 is 0 Å². The molecule has 0 saturated carbocycles. The molecule has 242 valence electrons. The number of carbonyl (C=O) groups excluding carboxylic acids is 1. The van der Waals surface area contributed by atoms with Crippen LogP contribution in [0.5, 0.6) is 0 Å². The molecule has 0 fully saturated rings. The second-order valence-corrected chi connectivity index (χ2v) is 7.94. The van der Waals surface area contributed by atoms with Gasteiger partial charge in [0.15, 0.2) is 0 Å². The number of terminal acetylenes is 1. The van der Waals surface area contributed by atoms with Gasteiger partial charge in [-0.3, -0.25) is 4.79 Å². The smallest absolute Gasteiger partial charge is 0.308 e. The van der Waals surface area contributed by atoms with Gasteiger partial charge in [0, 0.05) is 0 Å². The fourth-order valence-corrected chi connectivity index (χ4v) is 2.72. The van der Waals surface area contributed by atoms with Crippen LogP contribution in [0.2, 0.25) is 0 Å². The molecule has 0 saturated heterocycles. The van der Waals surface area contributed by atoms with E-state index in [0.717, 1.165) is 0 Å². The summed E-state index contributed by atoms with van der Waals surface area (Å²) < 4.78 is 63.9. The zero-order valence-corrected chi connectivity index (χ0v) is 24.9. The van der Waals surface area contributed by atoms with Crippen LogP contribution in [-0.4, -0.2) is 158 Å². The molecule has 0 atom stereocenters. The molecule has 0 aliphatic carbocycles. The van der Waals surface area contributed by atoms with Gasteiger partial charge in [-0.25, -0.2) is 0 Å². The van der Waals surface area contributed by atoms with E-state index in [2.05, 4.69) is 5.92 Å². The molecule has 13 nitrogen and oxygen atoms in total. The lowest BCUT2D eigenvalue weighted by Crippen LogP contribution is -2.15. The molecule has 0 bridgehead atoms. The van der Waals surface area contributed by atoms with Gasteiger partial charge in [-0.05, 0) is 6.92 Å². The highest BCUT2D eigenvalue weighted by molar-refractivity contribution is 5.69. The maximum absolute atomic E-state index is 11.1. The molecule has 0 aliphatic heterocycles. The lowest BCUT2D eigenvalue weighted by molar-refractivity contribution is -0.144. The minimum Gasteiger partial charge on any atom is -0.466 e. The predicted octanol–water partition coefficient (Wildman–Crippen LogP) is 0.755. The molecule has 0 heterocycles. The first kappa shape index (κ1) is 39.6. The van der Waals surface area contributed by atoms with Crippen molar-refractivity contribution in [3.63, 3.8) is 0 Å². The van der Waals surface area contributed by atoms with Gasteiger partial charge >= 0.3 is 5.97 Å². The third-order valence-corrected chi connectivity index (χ3v) is 4.66. The Kier molecular flexibility index (Phi) is 35.4. The van der Waals surface area contributed by atoms with Crippen LogP contribution in [0.1, 0.15) is 13.3 Å². The minimum absolute atomic E-state index is 0.252. The van der Waals surface area contributed by atoms with E-state index in [1.165, 1.54) is 0 Å². The molecule has 0 radical (unpaired) electrons. The van der Waals surface area contributed by atoms with Crippen LogP contribution in [0.4, 0.5) is 0 Å². The number of ether oxygens (including phenoxy) is 12. The Bertz CT molecular complexity index is 560. The number of hydrogen-bond donors (Lipinski definition) is 0. The molecule has 0 spiro atoms. The second kappa shape index (κ2) is 36.6. The lowest BCUT2D eigenvalue weighted by atomic mass is 10.5. The Morgan fingerprint density at radius 2 is 0.683 bits per heavy atom. The molecule has 0 aliphatic rings. The van der Waals surface area contributed by atoms with E-state index in [-0.39, 0.29) is 12.4 Å². The van der Waals surface area contributed by atoms with E-state index in [1.54, 1.807) is 6.92 Å². The molecule has 0 N–H and O–H groups in total. The van der Waals surface area contributed by atoms with Crippen molar-refractivity contribution in [3.8, 4) is 12.3 Å². The summed E-state index contributed by atoms with van der Waals surface area (Å²) in [4.78, 5) is 11.1. The normalized spacial score (nSPS) is 11.1. The highest BCUT2D eigenvalue weighted by Crippen LogP contribution is 1.89. The molecule has 0 aromatic rings. The Hall–Kier alpha value is -1.41. The highest BCUT2D eigenvalue weighted by Gasteiger charge is 2.01. The van der Waals surface area contributed by atoms with Crippen molar-refractivity contribution in [2.45, 2.75) is 13.3 Å². The molecule has 13 heteroatoms. The van der Waals surface area contributed by atoms with Gasteiger partial charge in [0.05, 0.1) is 152 Å². The van der Waals surface area contributed by atoms with Gasteiger partial charge in [0.2, 0.25) is 0 Å². The lowest BCUT2D eigenvalue weighted by Gasteiger charge is -2.09. The molecule has 0 aromatic heterocycles. The Morgan fingerprint density at radius 3 is 0.927 bits per heavy atom. The Balaban J connectivity index is 3.05. The first-order valence-electron chi connectivity index (χ1n) is 14.3. The third-order valence-electron chi connectivity index (χ3n) is 4.66.